The molecule has 0 aromatic heterocycles. The van der Waals surface area contributed by atoms with Crippen LogP contribution in [0.25, 0.3) is 0 Å². The van der Waals surface area contributed by atoms with E-state index in [4.69, 9.17) is 3.97 Å². The molecule has 1 aliphatic rings. The van der Waals surface area contributed by atoms with Gasteiger partial charge in [0.2, 0.25) is 0 Å². The first-order valence-electron chi connectivity index (χ1n) is 12.6. The third kappa shape index (κ3) is 5.41. The fraction of sp³-hybridized carbons (Fsp3) is 0.310. The molecule has 37 heavy (non-hydrogen) atoms. The molecule has 1 saturated carbocycles. The van der Waals surface area contributed by atoms with Crippen molar-refractivity contribution < 1.29 is 25.6 Å². The molecule has 198 valence electrons. The van der Waals surface area contributed by atoms with Crippen LogP contribution in [0.5, 0.6) is 0 Å². The molecule has 3 aromatic carbocycles. The molecule has 0 aliphatic heterocycles. The first-order valence-corrected chi connectivity index (χ1v) is 16.3. The Morgan fingerprint density at radius 2 is 1.19 bits per heavy atom. The third-order valence-electron chi connectivity index (χ3n) is 7.23. The first-order chi connectivity index (χ1) is 17.7. The Hall–Kier alpha value is -2.47. The number of benzene rings is 3. The van der Waals surface area contributed by atoms with Gasteiger partial charge in [-0.15, -0.1) is 0 Å². The van der Waals surface area contributed by atoms with E-state index < -0.39 is 22.5 Å². The molecule has 0 unspecified atom stereocenters. The van der Waals surface area contributed by atoms with Gasteiger partial charge in [0.1, 0.15) is 0 Å². The average Bonchev–Trinajstić information content (AvgIpc) is 2.92. The van der Waals surface area contributed by atoms with Crippen molar-refractivity contribution in [1.29, 1.82) is 0 Å². The van der Waals surface area contributed by atoms with Gasteiger partial charge in [-0.05, 0) is 0 Å². The van der Waals surface area contributed by atoms with Gasteiger partial charge >= 0.3 is 218 Å². The van der Waals surface area contributed by atoms with Crippen molar-refractivity contribution >= 4 is 32.9 Å². The summed E-state index contributed by atoms with van der Waals surface area (Å²) in [6, 6.07) is 25.7. The Morgan fingerprint density at radius 1 is 0.757 bits per heavy atom. The summed E-state index contributed by atoms with van der Waals surface area (Å²) in [5.41, 5.74) is -5.58. The van der Waals surface area contributed by atoms with E-state index in [9.17, 15) is 21.6 Å². The van der Waals surface area contributed by atoms with Gasteiger partial charge in [0.15, 0.2) is 0 Å². The molecule has 4 rings (SSSR count). The summed E-state index contributed by atoms with van der Waals surface area (Å²) in [5.74, 6) is 0.435. The molecule has 1 fully saturated rings. The number of halogens is 3. The molecular weight excluding hydrogens is 516 g/mol. The summed E-state index contributed by atoms with van der Waals surface area (Å²) < 4.78 is 73.7. The zero-order valence-corrected chi connectivity index (χ0v) is 22.3. The van der Waals surface area contributed by atoms with Gasteiger partial charge in [0, 0.05) is 0 Å². The van der Waals surface area contributed by atoms with Crippen molar-refractivity contribution in [1.82, 2.24) is 0 Å². The van der Waals surface area contributed by atoms with Crippen molar-refractivity contribution in [2.45, 2.75) is 44.0 Å². The zero-order valence-electron chi connectivity index (χ0n) is 20.6. The molecule has 0 spiro atoms. The van der Waals surface area contributed by atoms with E-state index in [2.05, 4.69) is 6.08 Å². The van der Waals surface area contributed by atoms with Crippen LogP contribution < -0.4 is 15.9 Å². The first kappa shape index (κ1) is 27.6. The van der Waals surface area contributed by atoms with E-state index in [-0.39, 0.29) is 6.16 Å². The number of hydrogen-bond donors (Lipinski definition) is 0. The second-order valence-corrected chi connectivity index (χ2v) is 15.9. The molecule has 0 saturated heterocycles. The van der Waals surface area contributed by atoms with Crippen LogP contribution >= 0.6 is 6.83 Å². The van der Waals surface area contributed by atoms with Crippen LogP contribution in [0.15, 0.2) is 103 Å². The number of alkyl halides is 3. The molecule has 3 aromatic rings. The maximum atomic E-state index is 14.0. The van der Waals surface area contributed by atoms with Crippen LogP contribution in [0.3, 0.4) is 0 Å². The molecule has 0 amide bonds. The molecule has 0 radical (unpaired) electrons. The van der Waals surface area contributed by atoms with E-state index in [0.717, 1.165) is 12.8 Å². The Balaban J connectivity index is 1.99. The quantitative estimate of drug-likeness (QED) is 0.167. The summed E-state index contributed by atoms with van der Waals surface area (Å²) >= 11 is 0. The van der Waals surface area contributed by atoms with E-state index in [0.29, 0.717) is 28.3 Å². The van der Waals surface area contributed by atoms with Gasteiger partial charge < -0.3 is 0 Å². The van der Waals surface area contributed by atoms with Gasteiger partial charge in [-0.3, -0.25) is 0 Å². The van der Waals surface area contributed by atoms with Gasteiger partial charge in [0.05, 0.1) is 0 Å². The molecule has 0 N–H and O–H groups in total. The molecule has 8 heteroatoms. The summed E-state index contributed by atoms with van der Waals surface area (Å²) in [4.78, 5) is 0. The average molecular weight is 549 g/mol. The molecule has 0 bridgehead atoms. The van der Waals surface area contributed by atoms with Crippen molar-refractivity contribution in [2.75, 3.05) is 6.16 Å². The predicted molar refractivity (Wildman–Crippen MR) is 146 cm³/mol. The van der Waals surface area contributed by atoms with Crippen molar-refractivity contribution in [2.24, 2.45) is 5.92 Å². The monoisotopic (exact) mass is 548 g/mol. The van der Waals surface area contributed by atoms with Crippen molar-refractivity contribution in [3.8, 4) is 0 Å². The van der Waals surface area contributed by atoms with Crippen LogP contribution in [0, 0.1) is 5.92 Å². The summed E-state index contributed by atoms with van der Waals surface area (Å²) in [6.45, 7) is -4.70. The predicted octanol–water partition coefficient (Wildman–Crippen LogP) is 6.82. The fourth-order valence-electron chi connectivity index (χ4n) is 5.43. The van der Waals surface area contributed by atoms with E-state index >= 15 is 0 Å². The molecular formula is C29H32F3O3PS. The maximum absolute atomic E-state index is 14.0. The molecule has 3 nitrogen and oxygen atoms in total. The molecule has 0 atom stereocenters. The summed E-state index contributed by atoms with van der Waals surface area (Å²) in [5, 5.41) is 1.30. The van der Waals surface area contributed by atoms with Gasteiger partial charge in [-0.1, -0.05) is 0 Å². The standard InChI is InChI=1S/C29H32F3O3PS/c30-29(31,32)37(33,34)35-36(26-18-7-2-8-19-26,27-20-9-3-10-21-27,28-22-11-4-12-23-28)24-14-13-17-25-15-5-1-6-16-25/h2-4,7-13,17-23,25H,1,5-6,14-16,24H2/b17-13+. The summed E-state index contributed by atoms with van der Waals surface area (Å²) in [7, 11) is -5.98. The van der Waals surface area contributed by atoms with Crippen LogP contribution in [0.4, 0.5) is 13.2 Å². The number of rotatable bonds is 9. The van der Waals surface area contributed by atoms with Crippen LogP contribution in [-0.4, -0.2) is 20.1 Å². The third-order valence-corrected chi connectivity index (χ3v) is 15.2. The van der Waals surface area contributed by atoms with E-state index in [1.165, 1.54) is 19.3 Å². The zero-order chi connectivity index (χ0) is 26.4. The van der Waals surface area contributed by atoms with E-state index in [1.807, 2.05) is 6.08 Å². The van der Waals surface area contributed by atoms with Gasteiger partial charge in [0.25, 0.3) is 0 Å². The number of hydrogen-bond acceptors (Lipinski definition) is 3. The fourth-order valence-corrected chi connectivity index (χ4v) is 13.5. The Bertz CT molecular complexity index is 1190. The second kappa shape index (κ2) is 11.1. The van der Waals surface area contributed by atoms with Crippen LogP contribution in [0.1, 0.15) is 38.5 Å². The Kier molecular flexibility index (Phi) is 8.27. The van der Waals surface area contributed by atoms with Crippen molar-refractivity contribution in [3.63, 3.8) is 0 Å². The molecule has 1 aliphatic carbocycles. The van der Waals surface area contributed by atoms with Gasteiger partial charge in [-0.25, -0.2) is 0 Å². The second-order valence-electron chi connectivity index (χ2n) is 9.53. The minimum absolute atomic E-state index is 0.0716. The van der Waals surface area contributed by atoms with E-state index in [1.54, 1.807) is 91.0 Å². The van der Waals surface area contributed by atoms with Gasteiger partial charge in [-0.2, -0.15) is 0 Å². The normalized spacial score (nSPS) is 16.9. The van der Waals surface area contributed by atoms with Crippen LogP contribution in [0.2, 0.25) is 0 Å². The molecule has 0 heterocycles. The SMILES string of the molecule is O=S(=O)(OP(CC/C=C/C1CCCCC1)(c1ccccc1)(c1ccccc1)c1ccccc1)C(F)(F)F. The summed E-state index contributed by atoms with van der Waals surface area (Å²) in [6.07, 6.45) is 10.3. The number of allylic oxidation sites excluding steroid dienone is 2. The Morgan fingerprint density at radius 3 is 1.59 bits per heavy atom. The topological polar surface area (TPSA) is 43.4 Å². The minimum atomic E-state index is -5.98. The Labute approximate surface area is 217 Å². The van der Waals surface area contributed by atoms with Crippen molar-refractivity contribution in [3.05, 3.63) is 103 Å². The van der Waals surface area contributed by atoms with Crippen LogP contribution in [-0.2, 0) is 14.1 Å².